The van der Waals surface area contributed by atoms with Gasteiger partial charge in [-0.2, -0.15) is 0 Å². The van der Waals surface area contributed by atoms with Gasteiger partial charge >= 0.3 is 45.2 Å². The van der Waals surface area contributed by atoms with Crippen LogP contribution in [0.3, 0.4) is 0 Å². The fraction of sp³-hybridized carbons (Fsp3) is 0.143. The van der Waals surface area contributed by atoms with E-state index in [1.807, 2.05) is 43.5 Å². The number of benzene rings is 2. The third-order valence-corrected chi connectivity index (χ3v) is 3.23. The van der Waals surface area contributed by atoms with E-state index in [9.17, 15) is 9.59 Å². The predicted octanol–water partition coefficient (Wildman–Crippen LogP) is 2.77. The zero-order valence-electron chi connectivity index (χ0n) is 15.5. The number of nitrogens with zero attached hydrogens (tertiary/aromatic N) is 1. The topological polar surface area (TPSA) is 117 Å². The minimum atomic E-state index is -0.691. The molecule has 0 spiro atoms. The Balaban J connectivity index is -0.000000310. The fourth-order valence-corrected chi connectivity index (χ4v) is 2.02. The minimum Gasteiger partial charge on any atom is 0 e. The van der Waals surface area contributed by atoms with E-state index < -0.39 is 6.04 Å². The zero-order chi connectivity index (χ0) is 22.5. The third-order valence-electron chi connectivity index (χ3n) is 3.23. The second-order valence-corrected chi connectivity index (χ2v) is 4.71. The van der Waals surface area contributed by atoms with Gasteiger partial charge in [-0.15, -0.1) is 0 Å². The van der Waals surface area contributed by atoms with Crippen LogP contribution < -0.4 is 0 Å². The molecule has 29 heavy (non-hydrogen) atoms. The van der Waals surface area contributed by atoms with Gasteiger partial charge in [-0.05, 0) is 25.1 Å². The Morgan fingerprint density at radius 1 is 0.862 bits per heavy atom. The Hall–Kier alpha value is -2.94. The van der Waals surface area contributed by atoms with Crippen LogP contribution in [0.5, 0.6) is 0 Å². The van der Waals surface area contributed by atoms with Crippen molar-refractivity contribution < 1.29 is 45.3 Å². The Morgan fingerprint density at radius 2 is 1.28 bits per heavy atom. The molecule has 1 atom stereocenters. The van der Waals surface area contributed by atoms with Gasteiger partial charge in [0, 0.05) is 29.7 Å². The molecule has 7 nitrogen and oxygen atoms in total. The summed E-state index contributed by atoms with van der Waals surface area (Å²) in [5.74, 6) is -0.195. The van der Waals surface area contributed by atoms with Crippen LogP contribution in [0, 0.1) is 33.5 Å². The SMILES string of the molecule is Cc1ccc(C([C-]=O)N(C)C(=O)c2ccccc2)cc1.[C-]#[O+].[C-]#[O+].[C-]#[O+].[C-]#[O+].[Mn]. The summed E-state index contributed by atoms with van der Waals surface area (Å²) in [6, 6.07) is 15.7. The molecule has 1 radical (unpaired) electrons. The molecule has 0 aliphatic carbocycles. The molecule has 0 aliphatic rings. The Morgan fingerprint density at radius 3 is 1.66 bits per heavy atom. The first kappa shape index (κ1) is 33.6. The van der Waals surface area contributed by atoms with Gasteiger partial charge in [0.2, 0.25) is 0 Å². The van der Waals surface area contributed by atoms with E-state index >= 15 is 0 Å². The molecule has 0 saturated carbocycles. The van der Waals surface area contributed by atoms with E-state index in [1.165, 1.54) is 4.90 Å². The summed E-state index contributed by atoms with van der Waals surface area (Å²) in [4.78, 5) is 25.0. The number of hydrogen-bond donors (Lipinski definition) is 0. The first-order valence-electron chi connectivity index (χ1n) is 7.21. The van der Waals surface area contributed by atoms with Crippen molar-refractivity contribution in [1.82, 2.24) is 4.90 Å². The quantitative estimate of drug-likeness (QED) is 0.419. The molecule has 0 heterocycles. The van der Waals surface area contributed by atoms with Gasteiger partial charge in [0.15, 0.2) is 0 Å². The van der Waals surface area contributed by atoms with Crippen molar-refractivity contribution in [3.05, 3.63) is 97.9 Å². The third kappa shape index (κ3) is 12.2. The van der Waals surface area contributed by atoms with E-state index in [0.29, 0.717) is 5.56 Å². The zero-order valence-corrected chi connectivity index (χ0v) is 16.7. The standard InChI is InChI=1S/C17H16NO2.4CO.Mn/c1-13-8-10-14(11-9-13)16(12-19)18(2)17(20)15-6-4-3-5-7-15;4*1-2;/h3-11,16H,1-2H3;;;;;/q-1;;;;;. The Bertz CT molecular complexity index is 742. The van der Waals surface area contributed by atoms with Crippen LogP contribution in [0.25, 0.3) is 0 Å². The van der Waals surface area contributed by atoms with Crippen LogP contribution in [-0.4, -0.2) is 24.1 Å². The van der Waals surface area contributed by atoms with Crippen molar-refractivity contribution in [2.75, 3.05) is 7.05 Å². The van der Waals surface area contributed by atoms with E-state index in [1.54, 1.807) is 31.3 Å². The van der Waals surface area contributed by atoms with Gasteiger partial charge in [0.1, 0.15) is 0 Å². The molecule has 0 saturated heterocycles. The van der Waals surface area contributed by atoms with Crippen LogP contribution in [0.2, 0.25) is 0 Å². The number of hydrogen-bond acceptors (Lipinski definition) is 2. The summed E-state index contributed by atoms with van der Waals surface area (Å²) in [5, 5.41) is 0. The molecular formula is C21H16MnNO6-. The maximum Gasteiger partial charge on any atom is 0 e. The first-order valence-corrected chi connectivity index (χ1v) is 7.21. The van der Waals surface area contributed by atoms with Crippen LogP contribution >= 0.6 is 0 Å². The second-order valence-electron chi connectivity index (χ2n) is 4.71. The van der Waals surface area contributed by atoms with E-state index in [2.05, 4.69) is 26.6 Å². The summed E-state index contributed by atoms with van der Waals surface area (Å²) in [7, 11) is 1.62. The largest absolute Gasteiger partial charge is 0 e. The number of amides is 1. The molecule has 0 aliphatic heterocycles. The van der Waals surface area contributed by atoms with Gasteiger partial charge < -0.3 is 9.69 Å². The number of carbonyl (C=O) groups excluding carboxylic acids is 2. The van der Waals surface area contributed by atoms with Crippen LogP contribution in [0.1, 0.15) is 27.5 Å². The molecule has 2 aromatic rings. The van der Waals surface area contributed by atoms with Gasteiger partial charge in [-0.3, -0.25) is 4.79 Å². The summed E-state index contributed by atoms with van der Waals surface area (Å²) >= 11 is 0. The van der Waals surface area contributed by atoms with Crippen molar-refractivity contribution in [3.63, 3.8) is 0 Å². The maximum atomic E-state index is 12.3. The summed E-state index contributed by atoms with van der Waals surface area (Å²) in [6.45, 7) is 20.0. The normalized spacial score (nSPS) is 8.34. The molecular weight excluding hydrogens is 417 g/mol. The molecule has 1 amide bonds. The molecule has 8 heteroatoms. The van der Waals surface area contributed by atoms with Crippen molar-refractivity contribution in [2.45, 2.75) is 13.0 Å². The Labute approximate surface area is 180 Å². The van der Waals surface area contributed by atoms with Crippen LogP contribution in [0.15, 0.2) is 54.6 Å². The van der Waals surface area contributed by atoms with Crippen LogP contribution in [-0.2, 0) is 40.5 Å². The first-order chi connectivity index (χ1) is 13.6. The fourth-order valence-electron chi connectivity index (χ4n) is 2.02. The van der Waals surface area contributed by atoms with E-state index in [4.69, 9.17) is 18.6 Å². The molecule has 1 unspecified atom stereocenters. The van der Waals surface area contributed by atoms with Crippen molar-refractivity contribution >= 4 is 12.2 Å². The van der Waals surface area contributed by atoms with Crippen molar-refractivity contribution in [1.29, 1.82) is 0 Å². The number of carbonyl (C=O) groups is 1. The smallest absolute Gasteiger partial charge is 0 e. The Kier molecular flexibility index (Phi) is 26.8. The second kappa shape index (κ2) is 23.1. The average Bonchev–Trinajstić information content (AvgIpc) is 2.81. The van der Waals surface area contributed by atoms with Gasteiger partial charge in [0.25, 0.3) is 5.91 Å². The van der Waals surface area contributed by atoms with Gasteiger partial charge in [-0.25, -0.2) is 6.29 Å². The molecule has 0 bridgehead atoms. The maximum absolute atomic E-state index is 12.3. The summed E-state index contributed by atoms with van der Waals surface area (Å²) in [6.07, 6.45) is 1.94. The van der Waals surface area contributed by atoms with Gasteiger partial charge in [-0.1, -0.05) is 53.6 Å². The molecule has 0 aromatic heterocycles. The monoisotopic (exact) mass is 433 g/mol. The van der Waals surface area contributed by atoms with Crippen molar-refractivity contribution in [2.24, 2.45) is 0 Å². The molecule has 0 N–H and O–H groups in total. The van der Waals surface area contributed by atoms with E-state index in [0.717, 1.165) is 11.1 Å². The molecule has 2 aromatic carbocycles. The number of rotatable bonds is 4. The molecule has 2 rings (SSSR count). The molecule has 0 fully saturated rings. The van der Waals surface area contributed by atoms with Crippen LogP contribution in [0.4, 0.5) is 0 Å². The number of aryl methyl sites for hydroxylation is 1. The summed E-state index contributed by atoms with van der Waals surface area (Å²) < 4.78 is 30.0. The van der Waals surface area contributed by atoms with Crippen molar-refractivity contribution in [3.8, 4) is 0 Å². The predicted molar refractivity (Wildman–Crippen MR) is 93.9 cm³/mol. The minimum absolute atomic E-state index is 0. The summed E-state index contributed by atoms with van der Waals surface area (Å²) in [5.41, 5.74) is 2.43. The van der Waals surface area contributed by atoms with Gasteiger partial charge in [0.05, 0.1) is 0 Å². The average molecular weight is 433 g/mol. The molecule has 149 valence electrons. The number of likely N-dealkylation sites (N-methyl/N-ethyl adjacent to an activating group) is 1. The van der Waals surface area contributed by atoms with E-state index in [-0.39, 0.29) is 23.0 Å².